The molecule has 1 fully saturated rings. The molecule has 0 aromatic heterocycles. The Bertz CT molecular complexity index is 943. The Labute approximate surface area is 226 Å². The van der Waals surface area contributed by atoms with Crippen LogP contribution < -0.4 is 16.0 Å². The summed E-state index contributed by atoms with van der Waals surface area (Å²) in [6.07, 6.45) is 0.504. The van der Waals surface area contributed by atoms with Gasteiger partial charge in [0.2, 0.25) is 11.8 Å². The molecular weight excluding hydrogens is 486 g/mol. The van der Waals surface area contributed by atoms with E-state index in [4.69, 9.17) is 9.47 Å². The number of epoxide rings is 1. The summed E-state index contributed by atoms with van der Waals surface area (Å²) in [6.45, 7) is 13.9. The van der Waals surface area contributed by atoms with Crippen molar-refractivity contribution in [3.8, 4) is 0 Å². The molecule has 3 N–H and O–H groups in total. The van der Waals surface area contributed by atoms with Crippen molar-refractivity contribution in [2.75, 3.05) is 6.61 Å². The highest BCUT2D eigenvalue weighted by molar-refractivity contribution is 5.98. The molecule has 1 aliphatic rings. The van der Waals surface area contributed by atoms with Crippen molar-refractivity contribution >= 4 is 23.7 Å². The molecule has 1 aromatic carbocycles. The van der Waals surface area contributed by atoms with E-state index in [0.717, 1.165) is 5.56 Å². The van der Waals surface area contributed by atoms with E-state index in [1.54, 1.807) is 6.92 Å². The first kappa shape index (κ1) is 31.3. The Morgan fingerprint density at radius 2 is 1.24 bits per heavy atom. The van der Waals surface area contributed by atoms with Gasteiger partial charge in [-0.2, -0.15) is 0 Å². The lowest BCUT2D eigenvalue weighted by molar-refractivity contribution is -0.134. The molecule has 0 radical (unpaired) electrons. The zero-order chi connectivity index (χ0) is 28.5. The predicted octanol–water partition coefficient (Wildman–Crippen LogP) is 3.75. The first-order chi connectivity index (χ1) is 17.8. The van der Waals surface area contributed by atoms with E-state index in [2.05, 4.69) is 16.0 Å². The maximum Gasteiger partial charge on any atom is 0.408 e. The smallest absolute Gasteiger partial charge is 0.408 e. The van der Waals surface area contributed by atoms with E-state index >= 15 is 0 Å². The van der Waals surface area contributed by atoms with Crippen LogP contribution in [-0.4, -0.2) is 54.0 Å². The van der Waals surface area contributed by atoms with Gasteiger partial charge in [0.15, 0.2) is 5.78 Å². The molecule has 1 aromatic rings. The highest BCUT2D eigenvalue weighted by atomic mass is 16.6. The molecule has 0 spiro atoms. The van der Waals surface area contributed by atoms with Crippen LogP contribution in [0.4, 0.5) is 4.79 Å². The van der Waals surface area contributed by atoms with Crippen LogP contribution in [0.1, 0.15) is 73.3 Å². The zero-order valence-electron chi connectivity index (χ0n) is 23.8. The average Bonchev–Trinajstić information content (AvgIpc) is 3.59. The number of amides is 3. The third-order valence-corrected chi connectivity index (χ3v) is 6.31. The van der Waals surface area contributed by atoms with Crippen LogP contribution in [0.2, 0.25) is 0 Å². The van der Waals surface area contributed by atoms with Crippen molar-refractivity contribution < 1.29 is 28.7 Å². The fourth-order valence-corrected chi connectivity index (χ4v) is 4.18. The van der Waals surface area contributed by atoms with Crippen LogP contribution in [0, 0.1) is 17.8 Å². The summed E-state index contributed by atoms with van der Waals surface area (Å²) in [4.78, 5) is 52.1. The lowest BCUT2D eigenvalue weighted by atomic mass is 9.92. The van der Waals surface area contributed by atoms with Crippen molar-refractivity contribution in [3.63, 3.8) is 0 Å². The van der Waals surface area contributed by atoms with Crippen molar-refractivity contribution in [1.82, 2.24) is 16.0 Å². The van der Waals surface area contributed by atoms with Gasteiger partial charge in [-0.25, -0.2) is 4.79 Å². The molecule has 3 amide bonds. The average molecular weight is 532 g/mol. The van der Waals surface area contributed by atoms with E-state index in [9.17, 15) is 19.2 Å². The largest absolute Gasteiger partial charge is 0.445 e. The van der Waals surface area contributed by atoms with Gasteiger partial charge in [-0.15, -0.1) is 0 Å². The van der Waals surface area contributed by atoms with Crippen LogP contribution >= 0.6 is 0 Å². The molecule has 1 aliphatic heterocycles. The van der Waals surface area contributed by atoms with Crippen molar-refractivity contribution in [2.45, 2.75) is 98.1 Å². The van der Waals surface area contributed by atoms with Gasteiger partial charge in [-0.1, -0.05) is 71.9 Å². The summed E-state index contributed by atoms with van der Waals surface area (Å²) in [5.74, 6) is -0.682. The first-order valence-electron chi connectivity index (χ1n) is 13.6. The van der Waals surface area contributed by atoms with Crippen molar-refractivity contribution in [2.24, 2.45) is 17.8 Å². The predicted molar refractivity (Wildman–Crippen MR) is 145 cm³/mol. The van der Waals surface area contributed by atoms with Crippen LogP contribution in [0.5, 0.6) is 0 Å². The molecule has 0 saturated carbocycles. The topological polar surface area (TPSA) is 126 Å². The van der Waals surface area contributed by atoms with Crippen LogP contribution in [-0.2, 0) is 30.5 Å². The van der Waals surface area contributed by atoms with Crippen LogP contribution in [0.3, 0.4) is 0 Å². The summed E-state index contributed by atoms with van der Waals surface area (Å²) in [5, 5.41) is 8.34. The Balaban J connectivity index is 2.09. The van der Waals surface area contributed by atoms with E-state index in [1.165, 1.54) is 0 Å². The van der Waals surface area contributed by atoms with Gasteiger partial charge in [0.1, 0.15) is 24.3 Å². The second-order valence-electron chi connectivity index (χ2n) is 11.7. The quantitative estimate of drug-likeness (QED) is 0.296. The highest BCUT2D eigenvalue weighted by Crippen LogP contribution is 2.29. The number of Topliss-reactive ketones (excluding diaryl/α,β-unsaturated/α-hetero) is 1. The number of carbonyl (C=O) groups excluding carboxylic acids is 4. The lowest BCUT2D eigenvalue weighted by Crippen LogP contribution is -2.57. The Morgan fingerprint density at radius 3 is 1.71 bits per heavy atom. The van der Waals surface area contributed by atoms with Gasteiger partial charge < -0.3 is 25.4 Å². The maximum atomic E-state index is 13.4. The Hall–Kier alpha value is -2.94. The molecule has 0 bridgehead atoms. The summed E-state index contributed by atoms with van der Waals surface area (Å²) in [7, 11) is 0. The minimum absolute atomic E-state index is 0.0783. The van der Waals surface area contributed by atoms with Gasteiger partial charge in [0, 0.05) is 0 Å². The fourth-order valence-electron chi connectivity index (χ4n) is 4.18. The third kappa shape index (κ3) is 10.4. The minimum atomic E-state index is -0.882. The standard InChI is InChI=1S/C29H45N3O6/c1-18(2)13-22(25(33)29(7)17-38-29)30-26(34)23(14-19(3)4)31-27(35)24(15-20(5)6)32-28(36)37-16-21-11-9-8-10-12-21/h8-12,18-20,22-24H,13-17H2,1-7H3,(H,30,34)(H,31,35)(H,32,36)/t22-,23-,24-,29+/m0/s1. The summed E-state index contributed by atoms with van der Waals surface area (Å²) >= 11 is 0. The van der Waals surface area contributed by atoms with Crippen LogP contribution in [0.15, 0.2) is 30.3 Å². The van der Waals surface area contributed by atoms with E-state index in [-0.39, 0.29) is 30.1 Å². The van der Waals surface area contributed by atoms with Gasteiger partial charge in [-0.3, -0.25) is 14.4 Å². The molecular formula is C29H45N3O6. The molecule has 1 saturated heterocycles. The van der Waals surface area contributed by atoms with Gasteiger partial charge >= 0.3 is 6.09 Å². The first-order valence-corrected chi connectivity index (χ1v) is 13.6. The lowest BCUT2D eigenvalue weighted by Gasteiger charge is -2.27. The van der Waals surface area contributed by atoms with Crippen LogP contribution in [0.25, 0.3) is 0 Å². The molecule has 212 valence electrons. The number of hydrogen-bond acceptors (Lipinski definition) is 6. The monoisotopic (exact) mass is 531 g/mol. The maximum absolute atomic E-state index is 13.4. The number of hydrogen-bond donors (Lipinski definition) is 3. The van der Waals surface area contributed by atoms with E-state index in [0.29, 0.717) is 25.9 Å². The summed E-state index contributed by atoms with van der Waals surface area (Å²) in [6, 6.07) is 6.80. The second-order valence-corrected chi connectivity index (χ2v) is 11.7. The number of ketones is 1. The Morgan fingerprint density at radius 1 is 0.789 bits per heavy atom. The number of rotatable bonds is 15. The van der Waals surface area contributed by atoms with E-state index in [1.807, 2.05) is 71.9 Å². The Kier molecular flexibility index (Phi) is 11.8. The number of benzene rings is 1. The molecule has 0 aliphatic carbocycles. The molecule has 0 unspecified atom stereocenters. The number of ether oxygens (including phenoxy) is 2. The fraction of sp³-hybridized carbons (Fsp3) is 0.655. The third-order valence-electron chi connectivity index (χ3n) is 6.31. The number of alkyl carbamates (subject to hydrolysis) is 1. The molecule has 9 heteroatoms. The molecule has 1 heterocycles. The molecule has 4 atom stereocenters. The second kappa shape index (κ2) is 14.3. The highest BCUT2D eigenvalue weighted by Gasteiger charge is 2.50. The molecule has 38 heavy (non-hydrogen) atoms. The van der Waals surface area contributed by atoms with Gasteiger partial charge in [0.25, 0.3) is 0 Å². The van der Waals surface area contributed by atoms with Crippen molar-refractivity contribution in [3.05, 3.63) is 35.9 Å². The number of carbonyl (C=O) groups is 4. The molecule has 9 nitrogen and oxygen atoms in total. The SMILES string of the molecule is CC(C)C[C@H](NC(=O)OCc1ccccc1)C(=O)N[C@@H](CC(C)C)C(=O)N[C@@H](CC(C)C)C(=O)[C@@]1(C)CO1. The minimum Gasteiger partial charge on any atom is -0.445 e. The van der Waals surface area contributed by atoms with Gasteiger partial charge in [-0.05, 0) is 49.5 Å². The number of nitrogens with one attached hydrogen (secondary N) is 3. The van der Waals surface area contributed by atoms with Gasteiger partial charge in [0.05, 0.1) is 12.6 Å². The van der Waals surface area contributed by atoms with E-state index < -0.39 is 41.6 Å². The molecule has 2 rings (SSSR count). The summed E-state index contributed by atoms with van der Waals surface area (Å²) in [5.41, 5.74) is -0.0344. The zero-order valence-corrected chi connectivity index (χ0v) is 23.8. The van der Waals surface area contributed by atoms with Crippen molar-refractivity contribution in [1.29, 1.82) is 0 Å². The summed E-state index contributed by atoms with van der Waals surface area (Å²) < 4.78 is 10.6. The normalized spacial score (nSPS) is 19.0.